The Labute approximate surface area is 108 Å². The molecule has 5 nitrogen and oxygen atoms in total. The largest absolute Gasteiger partial charge is 0.388 e. The van der Waals surface area contributed by atoms with E-state index in [-0.39, 0.29) is 4.90 Å². The summed E-state index contributed by atoms with van der Waals surface area (Å²) in [4.78, 5) is 0.273. The number of ether oxygens (including phenoxy) is 1. The number of sulfonamides is 1. The molecule has 100 valence electrons. The Kier molecular flexibility index (Phi) is 3.61. The first kappa shape index (κ1) is 13.3. The predicted octanol–water partition coefficient (Wildman–Crippen LogP) is 1.19. The Morgan fingerprint density at radius 1 is 1.28 bits per heavy atom. The number of nitrogens with one attached hydrogen (secondary N) is 2. The van der Waals surface area contributed by atoms with E-state index in [1.54, 1.807) is 31.3 Å². The Bertz CT molecular complexity index is 505. The molecule has 2 N–H and O–H groups in total. The molecule has 18 heavy (non-hydrogen) atoms. The van der Waals surface area contributed by atoms with Crippen LogP contribution < -0.4 is 10.0 Å². The summed E-state index contributed by atoms with van der Waals surface area (Å²) in [5.74, 6) is 0. The Hall–Kier alpha value is -1.11. The molecule has 1 heterocycles. The van der Waals surface area contributed by atoms with Crippen molar-refractivity contribution in [3.8, 4) is 0 Å². The molecule has 1 saturated heterocycles. The predicted molar refractivity (Wildman–Crippen MR) is 70.2 cm³/mol. The van der Waals surface area contributed by atoms with Crippen LogP contribution in [0.2, 0.25) is 0 Å². The standard InChI is InChI=1S/C12H18N2O3S/c1-12(7-8-17-9-12)14-18(15,16)11-5-3-10(13-2)4-6-11/h3-6,13-14H,7-9H2,1-2H3. The fraction of sp³-hybridized carbons (Fsp3) is 0.500. The van der Waals surface area contributed by atoms with Gasteiger partial charge in [0.1, 0.15) is 0 Å². The minimum atomic E-state index is -3.48. The second kappa shape index (κ2) is 4.87. The molecule has 0 aliphatic carbocycles. The van der Waals surface area contributed by atoms with Crippen molar-refractivity contribution in [2.75, 3.05) is 25.6 Å². The summed E-state index contributed by atoms with van der Waals surface area (Å²) in [6, 6.07) is 6.66. The second-order valence-electron chi connectivity index (χ2n) is 4.74. The highest BCUT2D eigenvalue weighted by atomic mass is 32.2. The smallest absolute Gasteiger partial charge is 0.241 e. The van der Waals surface area contributed by atoms with Gasteiger partial charge in [-0.25, -0.2) is 13.1 Å². The van der Waals surface area contributed by atoms with Gasteiger partial charge in [-0.3, -0.25) is 0 Å². The summed E-state index contributed by atoms with van der Waals surface area (Å²) < 4.78 is 32.4. The number of benzene rings is 1. The molecule has 0 bridgehead atoms. The second-order valence-corrected chi connectivity index (χ2v) is 6.43. The first-order valence-electron chi connectivity index (χ1n) is 5.85. The third kappa shape index (κ3) is 2.82. The SMILES string of the molecule is CNc1ccc(S(=O)(=O)NC2(C)CCOC2)cc1. The zero-order chi connectivity index (χ0) is 13.2. The highest BCUT2D eigenvalue weighted by Crippen LogP contribution is 2.22. The first-order chi connectivity index (χ1) is 8.45. The van der Waals surface area contributed by atoms with Gasteiger partial charge in [0.2, 0.25) is 10.0 Å². The van der Waals surface area contributed by atoms with Crippen LogP contribution in [0.25, 0.3) is 0 Å². The van der Waals surface area contributed by atoms with E-state index >= 15 is 0 Å². The minimum Gasteiger partial charge on any atom is -0.388 e. The highest BCUT2D eigenvalue weighted by molar-refractivity contribution is 7.89. The number of hydrogen-bond donors (Lipinski definition) is 2. The van der Waals surface area contributed by atoms with Crippen molar-refractivity contribution in [1.29, 1.82) is 0 Å². The molecule has 0 amide bonds. The van der Waals surface area contributed by atoms with E-state index in [4.69, 9.17) is 4.74 Å². The van der Waals surface area contributed by atoms with Crippen molar-refractivity contribution in [3.05, 3.63) is 24.3 Å². The van der Waals surface area contributed by atoms with E-state index in [9.17, 15) is 8.42 Å². The van der Waals surface area contributed by atoms with Gasteiger partial charge in [-0.15, -0.1) is 0 Å². The minimum absolute atomic E-state index is 0.273. The lowest BCUT2D eigenvalue weighted by atomic mass is 10.0. The zero-order valence-electron chi connectivity index (χ0n) is 10.6. The third-order valence-electron chi connectivity index (χ3n) is 3.05. The van der Waals surface area contributed by atoms with Crippen LogP contribution in [-0.2, 0) is 14.8 Å². The molecular weight excluding hydrogens is 252 g/mol. The normalized spacial score (nSPS) is 24.1. The lowest BCUT2D eigenvalue weighted by molar-refractivity contribution is 0.178. The van der Waals surface area contributed by atoms with E-state index in [1.165, 1.54) is 0 Å². The molecule has 1 atom stereocenters. The van der Waals surface area contributed by atoms with Crippen LogP contribution in [0.15, 0.2) is 29.2 Å². The van der Waals surface area contributed by atoms with Crippen molar-refractivity contribution in [2.45, 2.75) is 23.8 Å². The third-order valence-corrected chi connectivity index (χ3v) is 4.71. The monoisotopic (exact) mass is 270 g/mol. The van der Waals surface area contributed by atoms with Crippen LogP contribution in [0, 0.1) is 0 Å². The average molecular weight is 270 g/mol. The number of rotatable bonds is 4. The molecule has 2 rings (SSSR count). The molecule has 1 aliphatic heterocycles. The average Bonchev–Trinajstić information content (AvgIpc) is 2.75. The van der Waals surface area contributed by atoms with E-state index in [0.29, 0.717) is 19.6 Å². The fourth-order valence-electron chi connectivity index (χ4n) is 1.93. The van der Waals surface area contributed by atoms with Crippen molar-refractivity contribution in [3.63, 3.8) is 0 Å². The first-order valence-corrected chi connectivity index (χ1v) is 7.33. The van der Waals surface area contributed by atoms with Gasteiger partial charge in [0.05, 0.1) is 17.0 Å². The Balaban J connectivity index is 2.19. The van der Waals surface area contributed by atoms with E-state index in [0.717, 1.165) is 5.69 Å². The van der Waals surface area contributed by atoms with Gasteiger partial charge in [0, 0.05) is 19.3 Å². The maximum absolute atomic E-state index is 12.2. The van der Waals surface area contributed by atoms with E-state index in [1.807, 2.05) is 6.92 Å². The summed E-state index contributed by atoms with van der Waals surface area (Å²) >= 11 is 0. The van der Waals surface area contributed by atoms with Gasteiger partial charge in [0.15, 0.2) is 0 Å². The summed E-state index contributed by atoms with van der Waals surface area (Å²) in [6.45, 7) is 2.87. The van der Waals surface area contributed by atoms with Crippen LogP contribution >= 0.6 is 0 Å². The summed E-state index contributed by atoms with van der Waals surface area (Å²) in [7, 11) is -1.69. The molecule has 6 heteroatoms. The molecule has 1 aliphatic rings. The summed E-state index contributed by atoms with van der Waals surface area (Å²) in [6.07, 6.45) is 0.695. The molecule has 1 fully saturated rings. The van der Waals surface area contributed by atoms with E-state index < -0.39 is 15.6 Å². The van der Waals surface area contributed by atoms with Crippen molar-refractivity contribution in [1.82, 2.24) is 4.72 Å². The van der Waals surface area contributed by atoms with Crippen LogP contribution in [-0.4, -0.2) is 34.2 Å². The summed E-state index contributed by atoms with van der Waals surface area (Å²) in [5.41, 5.74) is 0.380. The number of hydrogen-bond acceptors (Lipinski definition) is 4. The summed E-state index contributed by atoms with van der Waals surface area (Å²) in [5, 5.41) is 2.95. The Morgan fingerprint density at radius 2 is 1.94 bits per heavy atom. The van der Waals surface area contributed by atoms with Crippen LogP contribution in [0.3, 0.4) is 0 Å². The molecule has 0 radical (unpaired) electrons. The maximum atomic E-state index is 12.2. The molecule has 0 spiro atoms. The molecule has 0 saturated carbocycles. The Morgan fingerprint density at radius 3 is 2.44 bits per heavy atom. The fourth-order valence-corrected chi connectivity index (χ4v) is 3.35. The van der Waals surface area contributed by atoms with Gasteiger partial charge in [-0.1, -0.05) is 0 Å². The number of anilines is 1. The van der Waals surface area contributed by atoms with Gasteiger partial charge in [0.25, 0.3) is 0 Å². The lowest BCUT2D eigenvalue weighted by Crippen LogP contribution is -2.46. The lowest BCUT2D eigenvalue weighted by Gasteiger charge is -2.23. The molecular formula is C12H18N2O3S. The zero-order valence-corrected chi connectivity index (χ0v) is 11.4. The maximum Gasteiger partial charge on any atom is 0.241 e. The highest BCUT2D eigenvalue weighted by Gasteiger charge is 2.34. The van der Waals surface area contributed by atoms with Crippen LogP contribution in [0.5, 0.6) is 0 Å². The van der Waals surface area contributed by atoms with E-state index in [2.05, 4.69) is 10.0 Å². The van der Waals surface area contributed by atoms with Gasteiger partial charge < -0.3 is 10.1 Å². The van der Waals surface area contributed by atoms with Crippen molar-refractivity contribution >= 4 is 15.7 Å². The topological polar surface area (TPSA) is 67.4 Å². The van der Waals surface area contributed by atoms with Gasteiger partial charge >= 0.3 is 0 Å². The molecule has 1 aromatic carbocycles. The van der Waals surface area contributed by atoms with Crippen LogP contribution in [0.4, 0.5) is 5.69 Å². The molecule has 1 unspecified atom stereocenters. The molecule has 0 aromatic heterocycles. The van der Waals surface area contributed by atoms with Crippen molar-refractivity contribution in [2.24, 2.45) is 0 Å². The molecule has 1 aromatic rings. The van der Waals surface area contributed by atoms with Gasteiger partial charge in [-0.05, 0) is 37.6 Å². The van der Waals surface area contributed by atoms with Gasteiger partial charge in [-0.2, -0.15) is 0 Å². The van der Waals surface area contributed by atoms with Crippen LogP contribution in [0.1, 0.15) is 13.3 Å². The quantitative estimate of drug-likeness (QED) is 0.862. The van der Waals surface area contributed by atoms with Crippen molar-refractivity contribution < 1.29 is 13.2 Å².